The second-order valence-corrected chi connectivity index (χ2v) is 10.4. The molecule has 88 valence electrons. The fraction of sp³-hybridized carbons (Fsp3) is 0.909. The quantitative estimate of drug-likeness (QED) is 0.757. The van der Waals surface area contributed by atoms with Crippen LogP contribution in [0, 0.1) is 0 Å². The molecule has 0 aromatic carbocycles. The summed E-state index contributed by atoms with van der Waals surface area (Å²) in [6, 6.07) is -0.334. The molecule has 1 aliphatic heterocycles. The lowest BCUT2D eigenvalue weighted by molar-refractivity contribution is -0.119. The first-order valence-corrected chi connectivity index (χ1v) is 8.26. The van der Waals surface area contributed by atoms with Crippen molar-refractivity contribution in [1.82, 2.24) is 5.32 Å². The highest BCUT2D eigenvalue weighted by Gasteiger charge is 2.38. The fourth-order valence-electron chi connectivity index (χ4n) is 1.09. The summed E-state index contributed by atoms with van der Waals surface area (Å²) in [5.74, 6) is -0.353. The zero-order valence-electron chi connectivity index (χ0n) is 12.3. The lowest BCUT2D eigenvalue weighted by atomic mass is 10.2. The molecule has 1 heterocycles. The fourth-order valence-corrected chi connectivity index (χ4v) is 2.12. The van der Waals surface area contributed by atoms with Gasteiger partial charge >= 0.3 is 0 Å². The summed E-state index contributed by atoms with van der Waals surface area (Å²) in [5.41, 5.74) is 0. The van der Waals surface area contributed by atoms with Gasteiger partial charge in [0.05, 0.1) is 12.6 Å². The average Bonchev–Trinajstić information content (AvgIpc) is 2.41. The van der Waals surface area contributed by atoms with Crippen LogP contribution in [-0.2, 0) is 9.22 Å². The number of hydrogen-bond acceptors (Lipinski definition) is 2. The van der Waals surface area contributed by atoms with E-state index < -0.39 is 21.1 Å². The summed E-state index contributed by atoms with van der Waals surface area (Å²) >= 11 is 0. The Morgan fingerprint density at radius 2 is 2.20 bits per heavy atom. The molecule has 1 rings (SSSR count). The first-order chi connectivity index (χ1) is 7.56. The molecule has 0 aromatic rings. The van der Waals surface area contributed by atoms with Crippen molar-refractivity contribution in [3.05, 3.63) is 0 Å². The van der Waals surface area contributed by atoms with Gasteiger partial charge in [-0.1, -0.05) is 20.8 Å². The molecule has 0 aliphatic carbocycles. The molecule has 3 atom stereocenters. The van der Waals surface area contributed by atoms with Crippen LogP contribution < -0.4 is 5.32 Å². The normalized spacial score (nSPS) is 34.7. The molecule has 1 aliphatic rings. The Bertz CT molecular complexity index is 304. The molecule has 0 aromatic heterocycles. The van der Waals surface area contributed by atoms with Gasteiger partial charge in [0.25, 0.3) is 0 Å². The molecular formula is C11H23NO2Si. The van der Waals surface area contributed by atoms with E-state index in [-0.39, 0.29) is 17.0 Å². The maximum atomic E-state index is 11.3. The van der Waals surface area contributed by atoms with Crippen LogP contribution in [0.2, 0.25) is 18.1 Å². The van der Waals surface area contributed by atoms with Crippen LogP contribution in [0.25, 0.3) is 0 Å². The summed E-state index contributed by atoms with van der Waals surface area (Å²) in [6.45, 7) is 11.1. The predicted octanol–water partition coefficient (Wildman–Crippen LogP) is 2.29. The second kappa shape index (κ2) is 4.26. The smallest absolute Gasteiger partial charge is 0.220 e. The second-order valence-electron chi connectivity index (χ2n) is 5.55. The van der Waals surface area contributed by atoms with Gasteiger partial charge in [-0.05, 0) is 24.5 Å². The maximum Gasteiger partial charge on any atom is 0.220 e. The van der Waals surface area contributed by atoms with Gasteiger partial charge < -0.3 is 9.74 Å². The van der Waals surface area contributed by atoms with E-state index >= 15 is 0 Å². The SMILES string of the molecule is [2H][C@@H]1[C@@H](CO[Si](C)(C)C(C)(C)C)NC(=O)[C@@H]1[2H]. The Balaban J connectivity index is 2.55. The lowest BCUT2D eigenvalue weighted by Crippen LogP contribution is -2.44. The molecule has 15 heavy (non-hydrogen) atoms. The van der Waals surface area contributed by atoms with Gasteiger partial charge in [0.1, 0.15) is 0 Å². The van der Waals surface area contributed by atoms with E-state index in [2.05, 4.69) is 39.2 Å². The minimum Gasteiger partial charge on any atom is -0.415 e. The molecule has 0 saturated carbocycles. The van der Waals surface area contributed by atoms with Gasteiger partial charge in [-0.3, -0.25) is 4.79 Å². The van der Waals surface area contributed by atoms with E-state index in [4.69, 9.17) is 7.17 Å². The summed E-state index contributed by atoms with van der Waals surface area (Å²) < 4.78 is 21.2. The van der Waals surface area contributed by atoms with Crippen molar-refractivity contribution in [2.75, 3.05) is 6.61 Å². The van der Waals surface area contributed by atoms with Crippen LogP contribution in [0.15, 0.2) is 0 Å². The lowest BCUT2D eigenvalue weighted by Gasteiger charge is -2.36. The van der Waals surface area contributed by atoms with E-state index in [0.29, 0.717) is 6.61 Å². The molecule has 1 fully saturated rings. The maximum absolute atomic E-state index is 11.3. The van der Waals surface area contributed by atoms with Crippen LogP contribution in [0.5, 0.6) is 0 Å². The Labute approximate surface area is 96.5 Å². The predicted molar refractivity (Wildman–Crippen MR) is 64.3 cm³/mol. The van der Waals surface area contributed by atoms with E-state index in [0.717, 1.165) is 0 Å². The van der Waals surface area contributed by atoms with Crippen molar-refractivity contribution in [2.24, 2.45) is 0 Å². The number of nitrogens with one attached hydrogen (secondary N) is 1. The highest BCUT2D eigenvalue weighted by molar-refractivity contribution is 6.74. The van der Waals surface area contributed by atoms with Crippen molar-refractivity contribution in [1.29, 1.82) is 0 Å². The van der Waals surface area contributed by atoms with Gasteiger partial charge in [-0.2, -0.15) is 0 Å². The number of amides is 1. The molecular weight excluding hydrogens is 206 g/mol. The Kier molecular flexibility index (Phi) is 2.79. The Hall–Kier alpha value is -0.353. The van der Waals surface area contributed by atoms with Crippen LogP contribution >= 0.6 is 0 Å². The molecule has 1 N–H and O–H groups in total. The largest absolute Gasteiger partial charge is 0.415 e. The van der Waals surface area contributed by atoms with Gasteiger partial charge in [0.15, 0.2) is 8.32 Å². The number of carbonyl (C=O) groups is 1. The topological polar surface area (TPSA) is 38.3 Å². The zero-order chi connectivity index (χ0) is 13.4. The standard InChI is InChI=1S/C11H23NO2Si/c1-11(2,3)15(4,5)14-8-9-6-7-10(13)12-9/h9H,6-8H2,1-5H3,(H,12,13)/t9-/m0/s1/i6D,7D/t6-,7+,9-. The van der Waals surface area contributed by atoms with Crippen molar-refractivity contribution in [2.45, 2.75) is 57.7 Å². The first-order valence-electron chi connectivity index (χ1n) is 6.50. The Morgan fingerprint density at radius 1 is 1.60 bits per heavy atom. The molecule has 0 unspecified atom stereocenters. The monoisotopic (exact) mass is 231 g/mol. The third kappa shape index (κ3) is 3.31. The van der Waals surface area contributed by atoms with Crippen molar-refractivity contribution in [3.63, 3.8) is 0 Å². The highest BCUT2D eigenvalue weighted by Crippen LogP contribution is 2.36. The summed E-state index contributed by atoms with van der Waals surface area (Å²) in [5, 5.41) is 2.78. The van der Waals surface area contributed by atoms with E-state index in [9.17, 15) is 4.79 Å². The summed E-state index contributed by atoms with van der Waals surface area (Å²) in [4.78, 5) is 11.3. The molecule has 0 radical (unpaired) electrons. The molecule has 0 bridgehead atoms. The molecule has 1 amide bonds. The molecule has 4 heteroatoms. The molecule has 0 spiro atoms. The zero-order valence-corrected chi connectivity index (χ0v) is 11.3. The number of carbonyl (C=O) groups excluding carboxylic acids is 1. The van der Waals surface area contributed by atoms with Crippen molar-refractivity contribution < 1.29 is 12.0 Å². The highest BCUT2D eigenvalue weighted by atomic mass is 28.4. The van der Waals surface area contributed by atoms with E-state index in [1.807, 2.05) is 0 Å². The van der Waals surface area contributed by atoms with E-state index in [1.165, 1.54) is 0 Å². The Morgan fingerprint density at radius 3 is 2.60 bits per heavy atom. The summed E-state index contributed by atoms with van der Waals surface area (Å²) in [6.07, 6.45) is -1.68. The van der Waals surface area contributed by atoms with Crippen molar-refractivity contribution in [3.8, 4) is 0 Å². The van der Waals surface area contributed by atoms with E-state index in [1.54, 1.807) is 0 Å². The first kappa shape index (κ1) is 9.84. The third-order valence-electron chi connectivity index (χ3n) is 3.24. The third-order valence-corrected chi connectivity index (χ3v) is 7.74. The average molecular weight is 231 g/mol. The summed E-state index contributed by atoms with van der Waals surface area (Å²) in [7, 11) is -1.84. The van der Waals surface area contributed by atoms with Gasteiger partial charge in [0.2, 0.25) is 5.91 Å². The van der Waals surface area contributed by atoms with Crippen molar-refractivity contribution >= 4 is 14.2 Å². The number of rotatable bonds is 3. The molecule has 3 nitrogen and oxygen atoms in total. The van der Waals surface area contributed by atoms with Crippen LogP contribution in [-0.4, -0.2) is 26.9 Å². The number of hydrogen-bond donors (Lipinski definition) is 1. The minimum atomic E-state index is -1.84. The van der Waals surface area contributed by atoms with Crippen LogP contribution in [0.3, 0.4) is 0 Å². The molecule has 1 saturated heterocycles. The minimum absolute atomic E-state index is 0.119. The van der Waals surface area contributed by atoms with Gasteiger partial charge in [-0.15, -0.1) is 0 Å². The van der Waals surface area contributed by atoms with Crippen LogP contribution in [0.1, 0.15) is 36.3 Å². The van der Waals surface area contributed by atoms with Crippen LogP contribution in [0.4, 0.5) is 0 Å². The van der Waals surface area contributed by atoms with Gasteiger partial charge in [0, 0.05) is 9.14 Å². The van der Waals surface area contributed by atoms with Gasteiger partial charge in [-0.25, -0.2) is 0 Å².